The Bertz CT molecular complexity index is 1060. The summed E-state index contributed by atoms with van der Waals surface area (Å²) in [6.07, 6.45) is 2.59. The summed E-state index contributed by atoms with van der Waals surface area (Å²) in [5.41, 5.74) is 7.12. The highest BCUT2D eigenvalue weighted by molar-refractivity contribution is 7.89. The zero-order chi connectivity index (χ0) is 22.7. The fraction of sp³-hybridized carbons (Fsp3) is 0.435. The maximum atomic E-state index is 13.4. The van der Waals surface area contributed by atoms with E-state index in [2.05, 4.69) is 22.2 Å². The van der Waals surface area contributed by atoms with Gasteiger partial charge in [0.2, 0.25) is 15.9 Å². The van der Waals surface area contributed by atoms with Gasteiger partial charge in [0.15, 0.2) is 0 Å². The fourth-order valence-corrected chi connectivity index (χ4v) is 6.07. The number of nitrogens with two attached hydrogens (primary N) is 1. The SMILES string of the molecule is Nc1cc(S(=O)(=O)NC2CCC(C(=O)N3CCNCC3c3ccccc3)CC2)ccc1Cl. The fourth-order valence-electron chi connectivity index (χ4n) is 4.61. The van der Waals surface area contributed by atoms with Gasteiger partial charge in [-0.05, 0) is 49.4 Å². The normalized spacial score (nSPS) is 24.3. The molecule has 2 aromatic carbocycles. The third kappa shape index (κ3) is 5.09. The maximum absolute atomic E-state index is 13.4. The lowest BCUT2D eigenvalue weighted by Crippen LogP contribution is -2.51. The highest BCUT2D eigenvalue weighted by atomic mass is 35.5. The van der Waals surface area contributed by atoms with E-state index in [1.165, 1.54) is 18.2 Å². The second-order valence-electron chi connectivity index (χ2n) is 8.52. The topological polar surface area (TPSA) is 105 Å². The number of sulfonamides is 1. The number of nitrogen functional groups attached to an aromatic ring is 1. The number of carbonyl (C=O) groups excluding carboxylic acids is 1. The minimum Gasteiger partial charge on any atom is -0.397 e. The van der Waals surface area contributed by atoms with E-state index in [4.69, 9.17) is 17.3 Å². The van der Waals surface area contributed by atoms with Crippen LogP contribution in [0.1, 0.15) is 37.3 Å². The van der Waals surface area contributed by atoms with Crippen LogP contribution in [0.25, 0.3) is 0 Å². The van der Waals surface area contributed by atoms with Crippen molar-refractivity contribution in [3.05, 3.63) is 59.1 Å². The molecule has 1 aliphatic heterocycles. The van der Waals surface area contributed by atoms with Crippen molar-refractivity contribution in [3.63, 3.8) is 0 Å². The van der Waals surface area contributed by atoms with Crippen LogP contribution in [0.4, 0.5) is 5.69 Å². The van der Waals surface area contributed by atoms with Gasteiger partial charge in [-0.1, -0.05) is 41.9 Å². The zero-order valence-electron chi connectivity index (χ0n) is 17.8. The highest BCUT2D eigenvalue weighted by Crippen LogP contribution is 2.31. The van der Waals surface area contributed by atoms with Crippen molar-refractivity contribution in [2.24, 2.45) is 5.92 Å². The molecule has 4 rings (SSSR count). The standard InChI is InChI=1S/C23H29ClN4O3S/c24-20-11-10-19(14-21(20)25)32(30,31)27-18-8-6-17(7-9-18)23(29)28-13-12-26-15-22(28)16-4-2-1-3-5-16/h1-5,10-11,14,17-18,22,26-27H,6-9,12-13,15,25H2. The molecule has 2 aliphatic rings. The number of nitrogens with one attached hydrogen (secondary N) is 2. The molecule has 1 heterocycles. The van der Waals surface area contributed by atoms with Gasteiger partial charge in [0.1, 0.15) is 0 Å². The molecule has 0 aromatic heterocycles. The lowest BCUT2D eigenvalue weighted by Gasteiger charge is -2.40. The summed E-state index contributed by atoms with van der Waals surface area (Å²) in [4.78, 5) is 15.5. The molecule has 1 saturated carbocycles. The molecular weight excluding hydrogens is 448 g/mol. The molecule has 0 bridgehead atoms. The van der Waals surface area contributed by atoms with E-state index < -0.39 is 10.0 Å². The van der Waals surface area contributed by atoms with Crippen molar-refractivity contribution < 1.29 is 13.2 Å². The molecule has 4 N–H and O–H groups in total. The first-order chi connectivity index (χ1) is 15.3. The molecule has 1 atom stereocenters. The quantitative estimate of drug-likeness (QED) is 0.575. The van der Waals surface area contributed by atoms with Crippen molar-refractivity contribution in [1.29, 1.82) is 0 Å². The van der Waals surface area contributed by atoms with Gasteiger partial charge in [-0.15, -0.1) is 0 Å². The molecule has 32 heavy (non-hydrogen) atoms. The van der Waals surface area contributed by atoms with E-state index in [1.54, 1.807) is 0 Å². The maximum Gasteiger partial charge on any atom is 0.240 e. The lowest BCUT2D eigenvalue weighted by molar-refractivity contribution is -0.140. The molecule has 7 nitrogen and oxygen atoms in total. The average Bonchev–Trinajstić information content (AvgIpc) is 2.81. The summed E-state index contributed by atoms with van der Waals surface area (Å²) < 4.78 is 28.2. The molecule has 9 heteroatoms. The third-order valence-electron chi connectivity index (χ3n) is 6.39. The Hall–Kier alpha value is -2.13. The van der Waals surface area contributed by atoms with Gasteiger partial charge in [0, 0.05) is 31.6 Å². The van der Waals surface area contributed by atoms with E-state index in [0.717, 1.165) is 18.7 Å². The molecule has 172 valence electrons. The van der Waals surface area contributed by atoms with Crippen LogP contribution >= 0.6 is 11.6 Å². The Balaban J connectivity index is 1.37. The largest absolute Gasteiger partial charge is 0.397 e. The van der Waals surface area contributed by atoms with E-state index in [-0.39, 0.29) is 34.5 Å². The van der Waals surface area contributed by atoms with E-state index >= 15 is 0 Å². The van der Waals surface area contributed by atoms with Gasteiger partial charge in [-0.25, -0.2) is 13.1 Å². The number of hydrogen-bond acceptors (Lipinski definition) is 5. The molecule has 1 unspecified atom stereocenters. The van der Waals surface area contributed by atoms with Gasteiger partial charge >= 0.3 is 0 Å². The molecule has 0 spiro atoms. The Morgan fingerprint density at radius 1 is 1.09 bits per heavy atom. The predicted octanol–water partition coefficient (Wildman–Crippen LogP) is 2.93. The average molecular weight is 477 g/mol. The number of amides is 1. The predicted molar refractivity (Wildman–Crippen MR) is 126 cm³/mol. The van der Waals surface area contributed by atoms with Gasteiger partial charge in [0.05, 0.1) is 21.6 Å². The highest BCUT2D eigenvalue weighted by Gasteiger charge is 2.35. The first-order valence-corrected chi connectivity index (χ1v) is 12.8. The monoisotopic (exact) mass is 476 g/mol. The summed E-state index contributed by atoms with van der Waals surface area (Å²) in [5.74, 6) is 0.0957. The molecule has 2 aromatic rings. The van der Waals surface area contributed by atoms with Crippen LogP contribution < -0.4 is 15.8 Å². The second kappa shape index (κ2) is 9.79. The molecular formula is C23H29ClN4O3S. The van der Waals surface area contributed by atoms with Gasteiger partial charge in [-0.2, -0.15) is 0 Å². The summed E-state index contributed by atoms with van der Waals surface area (Å²) >= 11 is 5.90. The first kappa shape index (κ1) is 23.0. The number of halogens is 1. The minimum absolute atomic E-state index is 0.0315. The Kier molecular flexibility index (Phi) is 7.05. The molecule has 1 amide bonds. The Labute approximate surface area is 194 Å². The number of anilines is 1. The number of hydrogen-bond donors (Lipinski definition) is 3. The number of piperazine rings is 1. The summed E-state index contributed by atoms with van der Waals surface area (Å²) in [6.45, 7) is 2.21. The van der Waals surface area contributed by atoms with Crippen LogP contribution in [0.5, 0.6) is 0 Å². The molecule has 0 radical (unpaired) electrons. The Morgan fingerprint density at radius 3 is 2.50 bits per heavy atom. The zero-order valence-corrected chi connectivity index (χ0v) is 19.4. The van der Waals surface area contributed by atoms with Crippen LogP contribution in [0, 0.1) is 5.92 Å². The number of benzene rings is 2. The van der Waals surface area contributed by atoms with Crippen molar-refractivity contribution in [1.82, 2.24) is 14.9 Å². The number of carbonyl (C=O) groups is 1. The van der Waals surface area contributed by atoms with E-state index in [1.807, 2.05) is 23.1 Å². The molecule has 2 fully saturated rings. The number of nitrogens with zero attached hydrogens (tertiary/aromatic N) is 1. The van der Waals surface area contributed by atoms with Crippen molar-refractivity contribution in [2.45, 2.75) is 42.7 Å². The number of rotatable bonds is 5. The van der Waals surface area contributed by atoms with Crippen molar-refractivity contribution in [3.8, 4) is 0 Å². The van der Waals surface area contributed by atoms with Crippen LogP contribution in [0.15, 0.2) is 53.4 Å². The lowest BCUT2D eigenvalue weighted by atomic mass is 9.85. The van der Waals surface area contributed by atoms with E-state index in [0.29, 0.717) is 37.3 Å². The summed E-state index contributed by atoms with van der Waals surface area (Å²) in [6, 6.07) is 14.2. The van der Waals surface area contributed by atoms with Crippen molar-refractivity contribution in [2.75, 3.05) is 25.4 Å². The molecule has 1 saturated heterocycles. The second-order valence-corrected chi connectivity index (χ2v) is 10.6. The van der Waals surface area contributed by atoms with Crippen LogP contribution in [0.2, 0.25) is 5.02 Å². The molecule has 1 aliphatic carbocycles. The van der Waals surface area contributed by atoms with Crippen LogP contribution in [-0.4, -0.2) is 44.9 Å². The first-order valence-electron chi connectivity index (χ1n) is 11.0. The third-order valence-corrected chi connectivity index (χ3v) is 8.25. The van der Waals surface area contributed by atoms with Gasteiger partial charge in [0.25, 0.3) is 0 Å². The summed E-state index contributed by atoms with van der Waals surface area (Å²) in [7, 11) is -3.69. The summed E-state index contributed by atoms with van der Waals surface area (Å²) in [5, 5.41) is 3.71. The minimum atomic E-state index is -3.69. The van der Waals surface area contributed by atoms with Crippen LogP contribution in [0.3, 0.4) is 0 Å². The van der Waals surface area contributed by atoms with Crippen molar-refractivity contribution >= 4 is 33.2 Å². The van der Waals surface area contributed by atoms with Gasteiger partial charge in [-0.3, -0.25) is 4.79 Å². The van der Waals surface area contributed by atoms with E-state index in [9.17, 15) is 13.2 Å². The van der Waals surface area contributed by atoms with Gasteiger partial charge < -0.3 is 16.0 Å². The smallest absolute Gasteiger partial charge is 0.240 e. The Morgan fingerprint density at radius 2 is 1.81 bits per heavy atom. The van der Waals surface area contributed by atoms with Crippen LogP contribution in [-0.2, 0) is 14.8 Å².